The fourth-order valence-electron chi connectivity index (χ4n) is 8.69. The standard InChI is InChI=1S/C41H29B2N3O2S2/c1-22-24(3)47-40-36(22)42-28-18-29-32(19-31(28)45(26-12-7-5-8-13-26)30-16-11-17-34(49-40)38(30)42)46(27-14-9-6-10-15-27)33-20-44-21-35-39(33)43(29)37-23(2)25(4)48-41(37)50-35/h5-21H,1-4H3. The van der Waals surface area contributed by atoms with E-state index in [0.717, 1.165) is 49.4 Å². The summed E-state index contributed by atoms with van der Waals surface area (Å²) in [4.78, 5) is 12.1. The van der Waals surface area contributed by atoms with Crippen molar-refractivity contribution in [1.82, 2.24) is 4.98 Å². The molecule has 3 aromatic heterocycles. The summed E-state index contributed by atoms with van der Waals surface area (Å²) in [5.41, 5.74) is 17.2. The van der Waals surface area contributed by atoms with Gasteiger partial charge in [0.25, 0.3) is 13.4 Å². The molecule has 5 nitrogen and oxygen atoms in total. The highest BCUT2D eigenvalue weighted by atomic mass is 32.2. The number of aryl methyl sites for hydroxylation is 2. The number of anilines is 6. The minimum Gasteiger partial charge on any atom is -0.455 e. The third-order valence-corrected chi connectivity index (χ3v) is 13.2. The highest BCUT2D eigenvalue weighted by molar-refractivity contribution is 8.00. The molecule has 0 saturated heterocycles. The van der Waals surface area contributed by atoms with Crippen LogP contribution in [0.3, 0.4) is 0 Å². The fourth-order valence-corrected chi connectivity index (χ4v) is 11.1. The van der Waals surface area contributed by atoms with E-state index >= 15 is 0 Å². The Bertz CT molecular complexity index is 2410. The minimum absolute atomic E-state index is 0.00315. The summed E-state index contributed by atoms with van der Waals surface area (Å²) in [5, 5.41) is 1.98. The molecule has 4 aliphatic heterocycles. The number of pyridine rings is 1. The van der Waals surface area contributed by atoms with E-state index in [-0.39, 0.29) is 13.4 Å². The van der Waals surface area contributed by atoms with Crippen LogP contribution < -0.4 is 42.6 Å². The topological polar surface area (TPSA) is 45.7 Å². The lowest BCUT2D eigenvalue weighted by Crippen LogP contribution is -2.64. The van der Waals surface area contributed by atoms with Crippen molar-refractivity contribution in [2.45, 2.75) is 47.7 Å². The second-order valence-corrected chi connectivity index (χ2v) is 15.6. The van der Waals surface area contributed by atoms with Gasteiger partial charge in [-0.05, 0) is 114 Å². The Morgan fingerprint density at radius 3 is 1.66 bits per heavy atom. The van der Waals surface area contributed by atoms with Crippen molar-refractivity contribution in [2.24, 2.45) is 0 Å². The zero-order valence-corrected chi connectivity index (χ0v) is 29.6. The van der Waals surface area contributed by atoms with E-state index in [4.69, 9.17) is 13.8 Å². The van der Waals surface area contributed by atoms with Crippen molar-refractivity contribution in [1.29, 1.82) is 0 Å². The zero-order chi connectivity index (χ0) is 33.4. The van der Waals surface area contributed by atoms with Crippen LogP contribution in [0.5, 0.6) is 0 Å². The van der Waals surface area contributed by atoms with E-state index in [0.29, 0.717) is 0 Å². The van der Waals surface area contributed by atoms with Crippen LogP contribution in [0.4, 0.5) is 34.1 Å². The first kappa shape index (κ1) is 28.8. The minimum atomic E-state index is 0.00315. The molecule has 0 bridgehead atoms. The largest absolute Gasteiger partial charge is 0.455 e. The van der Waals surface area contributed by atoms with E-state index < -0.39 is 0 Å². The SMILES string of the molecule is Cc1oc2c(c1C)B1c3cc4c(cc3N(c3ccccc3)c3cccc(c31)S2)N(c1ccccc1)c1cncc2c1B4c1c(oc(C)c1C)S2. The van der Waals surface area contributed by atoms with Gasteiger partial charge in [-0.1, -0.05) is 72.1 Å². The van der Waals surface area contributed by atoms with Gasteiger partial charge < -0.3 is 18.6 Å². The van der Waals surface area contributed by atoms with Crippen LogP contribution >= 0.6 is 23.5 Å². The number of hydrogen-bond donors (Lipinski definition) is 0. The van der Waals surface area contributed by atoms with Gasteiger partial charge in [-0.2, -0.15) is 0 Å². The molecule has 7 heterocycles. The van der Waals surface area contributed by atoms with E-state index in [1.54, 1.807) is 23.5 Å². The van der Waals surface area contributed by atoms with Crippen molar-refractivity contribution < 1.29 is 8.83 Å². The summed E-state index contributed by atoms with van der Waals surface area (Å²) < 4.78 is 13.0. The number of nitrogens with zero attached hydrogens (tertiary/aromatic N) is 3. The van der Waals surface area contributed by atoms with Crippen LogP contribution in [0.2, 0.25) is 0 Å². The summed E-state index contributed by atoms with van der Waals surface area (Å²) >= 11 is 3.47. The van der Waals surface area contributed by atoms with E-state index in [9.17, 15) is 0 Å². The van der Waals surface area contributed by atoms with E-state index in [1.165, 1.54) is 60.2 Å². The molecule has 50 heavy (non-hydrogen) atoms. The van der Waals surface area contributed by atoms with Crippen molar-refractivity contribution in [3.8, 4) is 0 Å². The van der Waals surface area contributed by atoms with Crippen LogP contribution in [-0.2, 0) is 0 Å². The maximum absolute atomic E-state index is 6.50. The number of furan rings is 2. The smallest absolute Gasteiger partial charge is 0.254 e. The highest BCUT2D eigenvalue weighted by Gasteiger charge is 2.48. The number of hydrogen-bond acceptors (Lipinski definition) is 7. The molecule has 238 valence electrons. The molecule has 9 heteroatoms. The van der Waals surface area contributed by atoms with Crippen molar-refractivity contribution in [3.63, 3.8) is 0 Å². The Labute approximate surface area is 299 Å². The number of rotatable bonds is 2. The van der Waals surface area contributed by atoms with Crippen LogP contribution in [0, 0.1) is 27.7 Å². The lowest BCUT2D eigenvalue weighted by Gasteiger charge is -2.43. The number of aromatic nitrogens is 1. The van der Waals surface area contributed by atoms with Crippen LogP contribution in [0.25, 0.3) is 0 Å². The molecule has 4 aliphatic rings. The predicted molar refractivity (Wildman–Crippen MR) is 208 cm³/mol. The Balaban J connectivity index is 1.28. The molecule has 0 spiro atoms. The summed E-state index contributed by atoms with van der Waals surface area (Å²) in [7, 11) is 0. The molecule has 0 atom stereocenters. The second kappa shape index (κ2) is 10.3. The molecule has 7 aromatic rings. The first-order valence-corrected chi connectivity index (χ1v) is 18.7. The molecule has 0 fully saturated rings. The van der Waals surface area contributed by atoms with Crippen molar-refractivity contribution >= 4 is 104 Å². The zero-order valence-electron chi connectivity index (χ0n) is 27.9. The third kappa shape index (κ3) is 3.71. The first-order valence-electron chi connectivity index (χ1n) is 17.0. The third-order valence-electron chi connectivity index (χ3n) is 11.1. The van der Waals surface area contributed by atoms with Gasteiger partial charge in [0.05, 0.1) is 11.9 Å². The quantitative estimate of drug-likeness (QED) is 0.182. The Morgan fingerprint density at radius 2 is 1.06 bits per heavy atom. The van der Waals surface area contributed by atoms with E-state index in [2.05, 4.69) is 128 Å². The predicted octanol–water partition coefficient (Wildman–Crippen LogP) is 7.03. The molecule has 0 N–H and O–H groups in total. The molecule has 0 aliphatic carbocycles. The van der Waals surface area contributed by atoms with E-state index in [1.807, 2.05) is 12.4 Å². The van der Waals surface area contributed by atoms with Gasteiger partial charge in [-0.25, -0.2) is 0 Å². The molecular weight excluding hydrogens is 652 g/mol. The van der Waals surface area contributed by atoms with Gasteiger partial charge in [0.15, 0.2) is 10.2 Å². The van der Waals surface area contributed by atoms with Crippen molar-refractivity contribution in [2.75, 3.05) is 9.80 Å². The van der Waals surface area contributed by atoms with Gasteiger partial charge in [0.1, 0.15) is 11.5 Å². The van der Waals surface area contributed by atoms with Gasteiger partial charge in [-0.3, -0.25) is 4.98 Å². The Hall–Kier alpha value is -4.98. The summed E-state index contributed by atoms with van der Waals surface area (Å²) in [6, 6.07) is 33.3. The lowest BCUT2D eigenvalue weighted by molar-refractivity contribution is 0.450. The average Bonchev–Trinajstić information content (AvgIpc) is 3.59. The van der Waals surface area contributed by atoms with Gasteiger partial charge in [0, 0.05) is 44.4 Å². The van der Waals surface area contributed by atoms with Gasteiger partial charge in [0.2, 0.25) is 0 Å². The molecule has 11 rings (SSSR count). The van der Waals surface area contributed by atoms with Gasteiger partial charge >= 0.3 is 0 Å². The van der Waals surface area contributed by atoms with Crippen molar-refractivity contribution in [3.05, 3.63) is 126 Å². The van der Waals surface area contributed by atoms with Crippen LogP contribution in [0.1, 0.15) is 22.6 Å². The summed E-state index contributed by atoms with van der Waals surface area (Å²) in [6.45, 7) is 8.66. The molecule has 0 unspecified atom stereocenters. The molecule has 4 aromatic carbocycles. The maximum atomic E-state index is 6.50. The molecule has 0 saturated carbocycles. The van der Waals surface area contributed by atoms with Crippen LogP contribution in [-0.4, -0.2) is 18.4 Å². The fraction of sp³-hybridized carbons (Fsp3) is 0.0976. The Morgan fingerprint density at radius 1 is 0.520 bits per heavy atom. The van der Waals surface area contributed by atoms with Gasteiger partial charge in [-0.15, -0.1) is 0 Å². The molecule has 0 radical (unpaired) electrons. The first-order chi connectivity index (χ1) is 24.5. The normalized spacial score (nSPS) is 14.5. The maximum Gasteiger partial charge on any atom is 0.254 e. The highest BCUT2D eigenvalue weighted by Crippen LogP contribution is 2.47. The monoisotopic (exact) mass is 681 g/mol. The lowest BCUT2D eigenvalue weighted by atomic mass is 9.31. The second-order valence-electron chi connectivity index (χ2n) is 13.6. The average molecular weight is 681 g/mol. The summed E-state index contributed by atoms with van der Waals surface area (Å²) in [5.74, 6) is 1.96. The summed E-state index contributed by atoms with van der Waals surface area (Å²) in [6.07, 6.45) is 4.06. The number of para-hydroxylation sites is 2. The number of benzene rings is 4. The molecule has 0 amide bonds. The number of fused-ring (bicyclic) bond motifs is 8. The van der Waals surface area contributed by atoms with Crippen LogP contribution in [0.15, 0.2) is 132 Å². The molecular formula is C41H29B2N3O2S2. The Kier molecular flexibility index (Phi) is 5.93.